The minimum Gasteiger partial charge on any atom is -0.332 e. The van der Waals surface area contributed by atoms with E-state index in [-0.39, 0.29) is 24.3 Å². The van der Waals surface area contributed by atoms with Crippen LogP contribution in [0.25, 0.3) is 0 Å². The number of hydrogen-bond donors (Lipinski definition) is 0. The first-order valence-corrected chi connectivity index (χ1v) is 5.49. The van der Waals surface area contributed by atoms with Crippen LogP contribution in [0.15, 0.2) is 0 Å². The molecule has 0 aromatic rings. The molecule has 96 valence electrons. The third-order valence-corrected chi connectivity index (χ3v) is 1.93. The Labute approximate surface area is 98.7 Å². The molecule has 0 saturated carbocycles. The Balaban J connectivity index is 4.47. The van der Waals surface area contributed by atoms with Gasteiger partial charge in [0.1, 0.15) is 6.54 Å². The Kier molecular flexibility index (Phi) is 5.59. The molecule has 0 spiro atoms. The lowest BCUT2D eigenvalue weighted by Crippen LogP contribution is -2.41. The Bertz CT molecular complexity index is 235. The summed E-state index contributed by atoms with van der Waals surface area (Å²) in [5.41, 5.74) is -0.326. The van der Waals surface area contributed by atoms with Crippen molar-refractivity contribution in [2.75, 3.05) is 19.0 Å². The number of carbonyl (C=O) groups is 1. The molecule has 6 heteroatoms. The number of amides is 1. The van der Waals surface area contributed by atoms with Gasteiger partial charge in [-0.15, -0.1) is 11.6 Å². The second-order valence-electron chi connectivity index (χ2n) is 4.86. The smallest absolute Gasteiger partial charge is 0.332 e. The molecule has 0 aliphatic rings. The molecule has 1 amide bonds. The third kappa shape index (κ3) is 7.79. The average Bonchev–Trinajstić information content (AvgIpc) is 1.97. The van der Waals surface area contributed by atoms with E-state index in [1.165, 1.54) is 0 Å². The van der Waals surface area contributed by atoms with Crippen molar-refractivity contribution < 1.29 is 18.0 Å². The highest BCUT2D eigenvalue weighted by atomic mass is 35.5. The molecular weight excluding hydrogens is 243 g/mol. The zero-order chi connectivity index (χ0) is 13.0. The molecule has 0 atom stereocenters. The van der Waals surface area contributed by atoms with Gasteiger partial charge in [0.05, 0.1) is 0 Å². The summed E-state index contributed by atoms with van der Waals surface area (Å²) in [5.74, 6) is -0.503. The van der Waals surface area contributed by atoms with E-state index in [9.17, 15) is 18.0 Å². The van der Waals surface area contributed by atoms with Gasteiger partial charge in [-0.3, -0.25) is 4.79 Å². The predicted molar refractivity (Wildman–Crippen MR) is 57.4 cm³/mol. The fraction of sp³-hybridized carbons (Fsp3) is 0.900. The summed E-state index contributed by atoms with van der Waals surface area (Å²) in [5, 5.41) is 0. The van der Waals surface area contributed by atoms with Crippen molar-refractivity contribution in [1.29, 1.82) is 0 Å². The quantitative estimate of drug-likeness (QED) is 0.711. The van der Waals surface area contributed by atoms with Crippen LogP contribution in [-0.4, -0.2) is 36.0 Å². The van der Waals surface area contributed by atoms with Crippen LogP contribution in [-0.2, 0) is 4.79 Å². The van der Waals surface area contributed by atoms with Gasteiger partial charge < -0.3 is 4.90 Å². The second kappa shape index (κ2) is 5.75. The molecule has 0 aliphatic carbocycles. The fourth-order valence-corrected chi connectivity index (χ4v) is 1.38. The highest BCUT2D eigenvalue weighted by Crippen LogP contribution is 2.22. The maximum Gasteiger partial charge on any atom is 0.406 e. The van der Waals surface area contributed by atoms with E-state index < -0.39 is 18.6 Å². The topological polar surface area (TPSA) is 20.3 Å². The lowest BCUT2D eigenvalue weighted by Gasteiger charge is -2.26. The molecular formula is C10H17ClF3NO. The molecule has 0 bridgehead atoms. The fourth-order valence-electron chi connectivity index (χ4n) is 1.18. The van der Waals surface area contributed by atoms with Crippen molar-refractivity contribution in [3.05, 3.63) is 0 Å². The molecule has 0 aromatic carbocycles. The maximum atomic E-state index is 12.2. The Morgan fingerprint density at radius 2 is 1.75 bits per heavy atom. The number of rotatable bonds is 4. The molecule has 0 saturated heterocycles. The van der Waals surface area contributed by atoms with Crippen molar-refractivity contribution >= 4 is 17.5 Å². The third-order valence-electron chi connectivity index (χ3n) is 1.76. The van der Waals surface area contributed by atoms with Crippen LogP contribution >= 0.6 is 11.6 Å². The number of alkyl halides is 4. The Morgan fingerprint density at radius 3 is 2.06 bits per heavy atom. The largest absolute Gasteiger partial charge is 0.406 e. The Hall–Kier alpha value is -0.450. The lowest BCUT2D eigenvalue weighted by molar-refractivity contribution is -0.161. The van der Waals surface area contributed by atoms with E-state index in [4.69, 9.17) is 11.6 Å². The molecule has 0 fully saturated rings. The standard InChI is InChI=1S/C10H17ClF3NO/c1-9(2,3)6-8(16)15(5-4-11)7-10(12,13)14/h4-7H2,1-3H3. The van der Waals surface area contributed by atoms with Gasteiger partial charge in [0.25, 0.3) is 0 Å². The summed E-state index contributed by atoms with van der Waals surface area (Å²) >= 11 is 5.38. The zero-order valence-electron chi connectivity index (χ0n) is 9.70. The van der Waals surface area contributed by atoms with Crippen LogP contribution in [0.4, 0.5) is 13.2 Å². The minimum atomic E-state index is -4.38. The molecule has 0 aliphatic heterocycles. The summed E-state index contributed by atoms with van der Waals surface area (Å²) in [6.45, 7) is 4.11. The van der Waals surface area contributed by atoms with Crippen LogP contribution in [0, 0.1) is 5.41 Å². The van der Waals surface area contributed by atoms with Crippen molar-refractivity contribution in [1.82, 2.24) is 4.90 Å². The monoisotopic (exact) mass is 259 g/mol. The van der Waals surface area contributed by atoms with Crippen molar-refractivity contribution in [3.63, 3.8) is 0 Å². The SMILES string of the molecule is CC(C)(C)CC(=O)N(CCCl)CC(F)(F)F. The van der Waals surface area contributed by atoms with Gasteiger partial charge in [-0.25, -0.2) is 0 Å². The first-order valence-electron chi connectivity index (χ1n) is 4.96. The van der Waals surface area contributed by atoms with E-state index >= 15 is 0 Å². The normalized spacial score (nSPS) is 12.7. The van der Waals surface area contributed by atoms with Crippen LogP contribution in [0.5, 0.6) is 0 Å². The molecule has 2 nitrogen and oxygen atoms in total. The van der Waals surface area contributed by atoms with E-state index in [0.717, 1.165) is 4.90 Å². The molecule has 0 unspecified atom stereocenters. The Morgan fingerprint density at radius 1 is 1.25 bits per heavy atom. The molecule has 0 radical (unpaired) electrons. The van der Waals surface area contributed by atoms with Crippen LogP contribution < -0.4 is 0 Å². The first kappa shape index (κ1) is 15.6. The van der Waals surface area contributed by atoms with Gasteiger partial charge in [0.15, 0.2) is 0 Å². The van der Waals surface area contributed by atoms with Gasteiger partial charge >= 0.3 is 6.18 Å². The van der Waals surface area contributed by atoms with Crippen molar-refractivity contribution in [2.45, 2.75) is 33.4 Å². The summed E-state index contributed by atoms with van der Waals surface area (Å²) in [6, 6.07) is 0. The number of hydrogen-bond acceptors (Lipinski definition) is 1. The zero-order valence-corrected chi connectivity index (χ0v) is 10.5. The van der Waals surface area contributed by atoms with Crippen molar-refractivity contribution in [3.8, 4) is 0 Å². The van der Waals surface area contributed by atoms with Crippen LogP contribution in [0.2, 0.25) is 0 Å². The lowest BCUT2D eigenvalue weighted by atomic mass is 9.91. The molecule has 16 heavy (non-hydrogen) atoms. The van der Waals surface area contributed by atoms with Gasteiger partial charge in [-0.2, -0.15) is 13.2 Å². The van der Waals surface area contributed by atoms with Gasteiger partial charge in [-0.05, 0) is 5.41 Å². The predicted octanol–water partition coefficient (Wildman–Crippen LogP) is 3.05. The number of nitrogens with zero attached hydrogens (tertiary/aromatic N) is 1. The van der Waals surface area contributed by atoms with Gasteiger partial charge in [0, 0.05) is 18.8 Å². The van der Waals surface area contributed by atoms with E-state index in [1.54, 1.807) is 20.8 Å². The minimum absolute atomic E-state index is 0.00592. The van der Waals surface area contributed by atoms with Crippen LogP contribution in [0.3, 0.4) is 0 Å². The number of halogens is 4. The highest BCUT2D eigenvalue weighted by Gasteiger charge is 2.33. The summed E-state index contributed by atoms with van der Waals surface area (Å²) in [7, 11) is 0. The van der Waals surface area contributed by atoms with Crippen LogP contribution in [0.1, 0.15) is 27.2 Å². The first-order chi connectivity index (χ1) is 7.05. The average molecular weight is 260 g/mol. The summed E-state index contributed by atoms with van der Waals surface area (Å²) in [4.78, 5) is 12.4. The molecule has 0 N–H and O–H groups in total. The molecule has 0 heterocycles. The van der Waals surface area contributed by atoms with Gasteiger partial charge in [-0.1, -0.05) is 20.8 Å². The van der Waals surface area contributed by atoms with E-state index in [2.05, 4.69) is 0 Å². The molecule has 0 aromatic heterocycles. The maximum absolute atomic E-state index is 12.2. The van der Waals surface area contributed by atoms with Gasteiger partial charge in [0.2, 0.25) is 5.91 Å². The second-order valence-corrected chi connectivity index (χ2v) is 5.23. The van der Waals surface area contributed by atoms with Crippen molar-refractivity contribution in [2.24, 2.45) is 5.41 Å². The number of carbonyl (C=O) groups excluding carboxylic acids is 1. The summed E-state index contributed by atoms with van der Waals surface area (Å²) < 4.78 is 36.6. The summed E-state index contributed by atoms with van der Waals surface area (Å²) in [6.07, 6.45) is -4.29. The highest BCUT2D eigenvalue weighted by molar-refractivity contribution is 6.18. The van der Waals surface area contributed by atoms with E-state index in [1.807, 2.05) is 0 Å². The molecule has 0 rings (SSSR count). The van der Waals surface area contributed by atoms with E-state index in [0.29, 0.717) is 0 Å².